The molecule has 0 atom stereocenters. The number of ether oxygens (including phenoxy) is 1. The van der Waals surface area contributed by atoms with Gasteiger partial charge in [-0.2, -0.15) is 0 Å². The van der Waals surface area contributed by atoms with E-state index in [2.05, 4.69) is 4.90 Å². The van der Waals surface area contributed by atoms with Crippen LogP contribution in [0.1, 0.15) is 72.1 Å². The highest BCUT2D eigenvalue weighted by Gasteiger charge is 2.31. The molecule has 1 aliphatic carbocycles. The van der Waals surface area contributed by atoms with Gasteiger partial charge in [0, 0.05) is 19.1 Å². The van der Waals surface area contributed by atoms with Crippen LogP contribution in [0.15, 0.2) is 0 Å². The first kappa shape index (κ1) is 18.0. The second-order valence-corrected chi connectivity index (χ2v) is 9.21. The van der Waals surface area contributed by atoms with Crippen molar-refractivity contribution in [1.82, 2.24) is 9.80 Å². The van der Waals surface area contributed by atoms with Crippen LogP contribution >= 0.6 is 0 Å². The largest absolute Gasteiger partial charge is 0.444 e. The van der Waals surface area contributed by atoms with Gasteiger partial charge in [0.15, 0.2) is 0 Å². The number of carbonyl (C=O) groups excluding carboxylic acids is 1. The molecule has 4 heteroatoms. The number of likely N-dealkylation sites (tertiary alicyclic amines) is 2. The lowest BCUT2D eigenvalue weighted by molar-refractivity contribution is 0.0165. The summed E-state index contributed by atoms with van der Waals surface area (Å²) in [5, 5.41) is 0. The van der Waals surface area contributed by atoms with E-state index in [9.17, 15) is 4.79 Å². The molecule has 0 N–H and O–H groups in total. The summed E-state index contributed by atoms with van der Waals surface area (Å²) in [6.07, 6.45) is 10.7. The lowest BCUT2D eigenvalue weighted by Gasteiger charge is -2.42. The van der Waals surface area contributed by atoms with Gasteiger partial charge in [-0.15, -0.1) is 0 Å². The maximum atomic E-state index is 12.1. The van der Waals surface area contributed by atoms with E-state index in [4.69, 9.17) is 4.74 Å². The zero-order valence-electron chi connectivity index (χ0n) is 15.9. The second-order valence-electron chi connectivity index (χ2n) is 9.21. The Balaban J connectivity index is 1.34. The molecule has 0 radical (unpaired) electrons. The minimum atomic E-state index is -0.387. The number of hydrogen-bond acceptors (Lipinski definition) is 3. The minimum Gasteiger partial charge on any atom is -0.444 e. The number of rotatable bonds is 3. The third-order valence-electron chi connectivity index (χ3n) is 6.17. The van der Waals surface area contributed by atoms with Crippen LogP contribution in [-0.4, -0.2) is 53.7 Å². The SMILES string of the molecule is CC(C)(C)OC(=O)N1CCC(CC2CCN(C3CCC3)CC2)CC1. The molecule has 3 rings (SSSR count). The average molecular weight is 337 g/mol. The van der Waals surface area contributed by atoms with Crippen molar-refractivity contribution >= 4 is 6.09 Å². The van der Waals surface area contributed by atoms with E-state index in [1.54, 1.807) is 0 Å². The molecule has 1 saturated carbocycles. The maximum Gasteiger partial charge on any atom is 0.410 e. The van der Waals surface area contributed by atoms with E-state index in [0.29, 0.717) is 0 Å². The Morgan fingerprint density at radius 1 is 0.917 bits per heavy atom. The van der Waals surface area contributed by atoms with Crippen molar-refractivity contribution in [3.05, 3.63) is 0 Å². The lowest BCUT2D eigenvalue weighted by atomic mass is 9.81. The van der Waals surface area contributed by atoms with Crippen LogP contribution in [0.4, 0.5) is 4.79 Å². The van der Waals surface area contributed by atoms with Crippen molar-refractivity contribution in [2.75, 3.05) is 26.2 Å². The molecule has 4 nitrogen and oxygen atoms in total. The molecule has 3 fully saturated rings. The Kier molecular flexibility index (Phi) is 5.74. The van der Waals surface area contributed by atoms with Gasteiger partial charge >= 0.3 is 6.09 Å². The first-order valence-electron chi connectivity index (χ1n) is 10.1. The Morgan fingerprint density at radius 3 is 1.92 bits per heavy atom. The van der Waals surface area contributed by atoms with Crippen molar-refractivity contribution in [3.63, 3.8) is 0 Å². The topological polar surface area (TPSA) is 32.8 Å². The Hall–Kier alpha value is -0.770. The Labute approximate surface area is 147 Å². The fourth-order valence-corrected chi connectivity index (χ4v) is 4.45. The first-order valence-corrected chi connectivity index (χ1v) is 10.1. The van der Waals surface area contributed by atoms with Gasteiger partial charge in [-0.05, 0) is 90.6 Å². The van der Waals surface area contributed by atoms with E-state index in [-0.39, 0.29) is 11.7 Å². The first-order chi connectivity index (χ1) is 11.4. The van der Waals surface area contributed by atoms with Gasteiger partial charge in [0.05, 0.1) is 0 Å². The molecule has 138 valence electrons. The van der Waals surface area contributed by atoms with E-state index in [1.807, 2.05) is 25.7 Å². The van der Waals surface area contributed by atoms with Crippen molar-refractivity contribution in [2.24, 2.45) is 11.8 Å². The number of carbonyl (C=O) groups is 1. The Morgan fingerprint density at radius 2 is 1.46 bits per heavy atom. The molecule has 1 amide bonds. The normalized spacial score (nSPS) is 25.5. The summed E-state index contributed by atoms with van der Waals surface area (Å²) in [6, 6.07) is 0.919. The fraction of sp³-hybridized carbons (Fsp3) is 0.950. The van der Waals surface area contributed by atoms with E-state index < -0.39 is 0 Å². The van der Waals surface area contributed by atoms with Crippen LogP contribution in [0.25, 0.3) is 0 Å². The zero-order chi connectivity index (χ0) is 17.2. The molecular weight excluding hydrogens is 300 g/mol. The van der Waals surface area contributed by atoms with Gasteiger partial charge in [-0.3, -0.25) is 0 Å². The van der Waals surface area contributed by atoms with Crippen LogP contribution < -0.4 is 0 Å². The number of nitrogens with zero attached hydrogens (tertiary/aromatic N) is 2. The predicted molar refractivity (Wildman–Crippen MR) is 97.1 cm³/mol. The van der Waals surface area contributed by atoms with Gasteiger partial charge in [0.25, 0.3) is 0 Å². The summed E-state index contributed by atoms with van der Waals surface area (Å²) >= 11 is 0. The summed E-state index contributed by atoms with van der Waals surface area (Å²) < 4.78 is 5.49. The summed E-state index contributed by atoms with van der Waals surface area (Å²) in [5.41, 5.74) is -0.387. The summed E-state index contributed by atoms with van der Waals surface area (Å²) in [7, 11) is 0. The standard InChI is InChI=1S/C20H36N2O2/c1-20(2,3)24-19(23)22-13-9-17(10-14-22)15-16-7-11-21(12-8-16)18-5-4-6-18/h16-18H,4-15H2,1-3H3. The van der Waals surface area contributed by atoms with Crippen LogP contribution in [0.3, 0.4) is 0 Å². The Bertz CT molecular complexity index is 412. The van der Waals surface area contributed by atoms with Gasteiger partial charge in [0.1, 0.15) is 5.60 Å². The van der Waals surface area contributed by atoms with Crippen LogP contribution in [0.2, 0.25) is 0 Å². The average Bonchev–Trinajstić information content (AvgIpc) is 2.46. The highest BCUT2D eigenvalue weighted by atomic mass is 16.6. The van der Waals surface area contributed by atoms with Crippen LogP contribution in [-0.2, 0) is 4.74 Å². The molecule has 0 unspecified atom stereocenters. The third-order valence-corrected chi connectivity index (χ3v) is 6.17. The quantitative estimate of drug-likeness (QED) is 0.771. The molecule has 2 saturated heterocycles. The molecule has 0 bridgehead atoms. The summed E-state index contributed by atoms with van der Waals surface area (Å²) in [4.78, 5) is 16.8. The molecular formula is C20H36N2O2. The van der Waals surface area contributed by atoms with Gasteiger partial charge < -0.3 is 14.5 Å². The molecule has 2 aliphatic heterocycles. The minimum absolute atomic E-state index is 0.130. The number of piperidine rings is 2. The van der Waals surface area contributed by atoms with Crippen LogP contribution in [0.5, 0.6) is 0 Å². The van der Waals surface area contributed by atoms with E-state index >= 15 is 0 Å². The van der Waals surface area contributed by atoms with Crippen molar-refractivity contribution < 1.29 is 9.53 Å². The molecule has 0 spiro atoms. The second kappa shape index (κ2) is 7.63. The van der Waals surface area contributed by atoms with Crippen molar-refractivity contribution in [2.45, 2.75) is 83.8 Å². The molecule has 0 aromatic heterocycles. The molecule has 3 aliphatic rings. The summed E-state index contributed by atoms with van der Waals surface area (Å²) in [5.74, 6) is 1.73. The van der Waals surface area contributed by atoms with Crippen molar-refractivity contribution in [3.8, 4) is 0 Å². The fourth-order valence-electron chi connectivity index (χ4n) is 4.45. The molecule has 0 aromatic carbocycles. The van der Waals surface area contributed by atoms with Crippen molar-refractivity contribution in [1.29, 1.82) is 0 Å². The maximum absolute atomic E-state index is 12.1. The highest BCUT2D eigenvalue weighted by Crippen LogP contribution is 2.33. The zero-order valence-corrected chi connectivity index (χ0v) is 15.9. The lowest BCUT2D eigenvalue weighted by Crippen LogP contribution is -2.45. The smallest absolute Gasteiger partial charge is 0.410 e. The summed E-state index contributed by atoms with van der Waals surface area (Å²) in [6.45, 7) is 10.2. The third kappa shape index (κ3) is 4.87. The molecule has 0 aromatic rings. The number of amides is 1. The molecule has 24 heavy (non-hydrogen) atoms. The highest BCUT2D eigenvalue weighted by molar-refractivity contribution is 5.68. The van der Waals surface area contributed by atoms with Crippen LogP contribution in [0, 0.1) is 11.8 Å². The number of hydrogen-bond donors (Lipinski definition) is 0. The molecule has 2 heterocycles. The van der Waals surface area contributed by atoms with Gasteiger partial charge in [0.2, 0.25) is 0 Å². The monoisotopic (exact) mass is 336 g/mol. The van der Waals surface area contributed by atoms with E-state index in [1.165, 1.54) is 51.6 Å². The predicted octanol–water partition coefficient (Wildman–Crippen LogP) is 4.29. The van der Waals surface area contributed by atoms with Gasteiger partial charge in [-0.25, -0.2) is 4.79 Å². The van der Waals surface area contributed by atoms with E-state index in [0.717, 1.165) is 43.8 Å². The van der Waals surface area contributed by atoms with Gasteiger partial charge in [-0.1, -0.05) is 6.42 Å².